The summed E-state index contributed by atoms with van der Waals surface area (Å²) in [5.74, 6) is 0.409. The van der Waals surface area contributed by atoms with Gasteiger partial charge in [0.25, 0.3) is 0 Å². The molecule has 0 unspecified atom stereocenters. The lowest BCUT2D eigenvalue weighted by Gasteiger charge is -2.15. The maximum atomic E-state index is 13.1. The van der Waals surface area contributed by atoms with Crippen molar-refractivity contribution in [3.63, 3.8) is 0 Å². The summed E-state index contributed by atoms with van der Waals surface area (Å²) in [7, 11) is 0. The molecule has 0 saturated heterocycles. The third-order valence-corrected chi connectivity index (χ3v) is 6.84. The van der Waals surface area contributed by atoms with Crippen LogP contribution in [0.3, 0.4) is 0 Å². The van der Waals surface area contributed by atoms with Gasteiger partial charge in [0.1, 0.15) is 5.58 Å². The van der Waals surface area contributed by atoms with Crippen LogP contribution < -0.4 is 10.6 Å². The number of carbonyl (C=O) groups excluding carboxylic acids is 1. The monoisotopic (exact) mass is 458 g/mol. The smallest absolute Gasteiger partial charge is 0.326 e. The first-order valence-electron chi connectivity index (χ1n) is 11.6. The molecule has 1 aliphatic rings. The topological polar surface area (TPSA) is 54.3 Å². The predicted molar refractivity (Wildman–Crippen MR) is 137 cm³/mol. The molecule has 2 amide bonds. The molecule has 0 radical (unpaired) electrons. The van der Waals surface area contributed by atoms with Crippen LogP contribution in [0.5, 0.6) is 0 Å². The van der Waals surface area contributed by atoms with Crippen molar-refractivity contribution < 1.29 is 9.21 Å². The van der Waals surface area contributed by atoms with E-state index >= 15 is 0 Å². The van der Waals surface area contributed by atoms with Gasteiger partial charge >= 0.3 is 6.03 Å². The number of furan rings is 1. The van der Waals surface area contributed by atoms with Gasteiger partial charge in [-0.05, 0) is 72.6 Å². The highest BCUT2D eigenvalue weighted by Gasteiger charge is 2.23. The molecule has 1 heterocycles. The second-order valence-electron chi connectivity index (χ2n) is 8.49. The Kier molecular flexibility index (Phi) is 5.86. The van der Waals surface area contributed by atoms with Crippen molar-refractivity contribution in [3.8, 4) is 11.1 Å². The number of rotatable bonds is 5. The Balaban J connectivity index is 1.57. The molecule has 3 aromatic carbocycles. The Morgan fingerprint density at radius 1 is 0.939 bits per heavy atom. The van der Waals surface area contributed by atoms with E-state index in [0.29, 0.717) is 10.9 Å². The molecule has 2 N–H and O–H groups in total. The normalized spacial score (nSPS) is 12.7. The molecule has 1 aliphatic carbocycles. The molecule has 0 spiro atoms. The minimum absolute atomic E-state index is 0.328. The van der Waals surface area contributed by atoms with Gasteiger partial charge in [0.05, 0.1) is 5.56 Å². The first kappa shape index (κ1) is 21.6. The largest absolute Gasteiger partial charge is 0.440 e. The number of hydrogen-bond acceptors (Lipinski definition) is 2. The zero-order chi connectivity index (χ0) is 22.9. The van der Waals surface area contributed by atoms with Crippen LogP contribution in [0.2, 0.25) is 5.02 Å². The van der Waals surface area contributed by atoms with E-state index in [4.69, 9.17) is 16.0 Å². The lowest BCUT2D eigenvalue weighted by atomic mass is 10.0. The van der Waals surface area contributed by atoms with E-state index in [1.54, 1.807) is 0 Å². The minimum atomic E-state index is -0.328. The van der Waals surface area contributed by atoms with Crippen molar-refractivity contribution in [2.24, 2.45) is 0 Å². The lowest BCUT2D eigenvalue weighted by molar-refractivity contribution is 0.261. The van der Waals surface area contributed by atoms with Gasteiger partial charge in [-0.25, -0.2) is 4.79 Å². The van der Waals surface area contributed by atoms with Crippen LogP contribution in [0.1, 0.15) is 42.5 Å². The molecule has 5 rings (SSSR count). The van der Waals surface area contributed by atoms with Gasteiger partial charge in [-0.2, -0.15) is 0 Å². The summed E-state index contributed by atoms with van der Waals surface area (Å²) in [6.45, 7) is 4.18. The van der Waals surface area contributed by atoms with E-state index in [0.717, 1.165) is 71.0 Å². The van der Waals surface area contributed by atoms with Crippen LogP contribution in [0.15, 0.2) is 59.0 Å². The molecular formula is C28H27ClN2O2. The molecular weight excluding hydrogens is 432 g/mol. The highest BCUT2D eigenvalue weighted by molar-refractivity contribution is 6.34. The fourth-order valence-corrected chi connectivity index (χ4v) is 5.07. The molecule has 0 saturated carbocycles. The molecule has 4 nitrogen and oxygen atoms in total. The third-order valence-electron chi connectivity index (χ3n) is 6.51. The maximum Gasteiger partial charge on any atom is 0.326 e. The van der Waals surface area contributed by atoms with Crippen LogP contribution in [-0.2, 0) is 25.7 Å². The van der Waals surface area contributed by atoms with Gasteiger partial charge in [0.15, 0.2) is 0 Å². The Morgan fingerprint density at radius 2 is 1.64 bits per heavy atom. The molecule has 1 aromatic heterocycles. The summed E-state index contributed by atoms with van der Waals surface area (Å²) in [6, 6.07) is 17.8. The molecule has 0 bridgehead atoms. The minimum Gasteiger partial charge on any atom is -0.440 e. The zero-order valence-corrected chi connectivity index (χ0v) is 19.7. The van der Waals surface area contributed by atoms with Gasteiger partial charge in [0, 0.05) is 21.7 Å². The average Bonchev–Trinajstić information content (AvgIpc) is 3.41. The number of urea groups is 1. The highest BCUT2D eigenvalue weighted by atomic mass is 35.5. The van der Waals surface area contributed by atoms with Crippen molar-refractivity contribution in [3.05, 3.63) is 81.9 Å². The maximum absolute atomic E-state index is 13.1. The second kappa shape index (κ2) is 8.95. The summed E-state index contributed by atoms with van der Waals surface area (Å²) in [5, 5.41) is 7.64. The Morgan fingerprint density at radius 3 is 2.33 bits per heavy atom. The standard InChI is InChI=1S/C28H27ClN2O2/c1-3-17-9-7-10-18(4-2)26(17)30-28(32)31-27-25(21-13-5-6-14-23(21)29)22-15-19-11-8-12-20(19)16-24(22)33-27/h5-7,9-10,13-16H,3-4,8,11-12H2,1-2H3,(H2,30,31,32). The number of fused-ring (bicyclic) bond motifs is 2. The number of para-hydroxylation sites is 1. The molecule has 0 atom stereocenters. The van der Waals surface area contributed by atoms with Gasteiger partial charge in [-0.1, -0.05) is 61.8 Å². The zero-order valence-electron chi connectivity index (χ0n) is 18.9. The Hall–Kier alpha value is -3.24. The SMILES string of the molecule is CCc1cccc(CC)c1NC(=O)Nc1oc2cc3c(cc2c1-c1ccccc1Cl)CCC3. The molecule has 33 heavy (non-hydrogen) atoms. The van der Waals surface area contributed by atoms with Gasteiger partial charge in [-0.15, -0.1) is 0 Å². The van der Waals surface area contributed by atoms with E-state index in [1.165, 1.54) is 11.1 Å². The second-order valence-corrected chi connectivity index (χ2v) is 8.90. The average molecular weight is 459 g/mol. The van der Waals surface area contributed by atoms with Crippen molar-refractivity contribution >= 4 is 40.2 Å². The fourth-order valence-electron chi connectivity index (χ4n) is 4.83. The number of anilines is 2. The fraction of sp³-hybridized carbons (Fsp3) is 0.250. The van der Waals surface area contributed by atoms with Crippen LogP contribution in [0, 0.1) is 0 Å². The van der Waals surface area contributed by atoms with Crippen LogP contribution >= 0.6 is 11.6 Å². The van der Waals surface area contributed by atoms with E-state index in [9.17, 15) is 4.79 Å². The first-order chi connectivity index (χ1) is 16.1. The Bertz CT molecular complexity index is 1330. The molecule has 5 heteroatoms. The van der Waals surface area contributed by atoms with Gasteiger partial charge in [0.2, 0.25) is 5.88 Å². The van der Waals surface area contributed by atoms with Crippen molar-refractivity contribution in [2.45, 2.75) is 46.0 Å². The summed E-state index contributed by atoms with van der Waals surface area (Å²) >= 11 is 6.58. The summed E-state index contributed by atoms with van der Waals surface area (Å²) in [5.41, 5.74) is 8.18. The van der Waals surface area contributed by atoms with Gasteiger partial charge < -0.3 is 9.73 Å². The summed E-state index contributed by atoms with van der Waals surface area (Å²) < 4.78 is 6.22. The molecule has 0 aliphatic heterocycles. The van der Waals surface area contributed by atoms with Crippen molar-refractivity contribution in [2.75, 3.05) is 10.6 Å². The number of amides is 2. The van der Waals surface area contributed by atoms with Gasteiger partial charge in [-0.3, -0.25) is 5.32 Å². The highest BCUT2D eigenvalue weighted by Crippen LogP contribution is 2.43. The lowest BCUT2D eigenvalue weighted by Crippen LogP contribution is -2.21. The third kappa shape index (κ3) is 4.00. The number of nitrogens with one attached hydrogen (secondary N) is 2. The van der Waals surface area contributed by atoms with E-state index in [-0.39, 0.29) is 6.03 Å². The number of aryl methyl sites for hydroxylation is 4. The number of carbonyl (C=O) groups is 1. The van der Waals surface area contributed by atoms with E-state index in [1.807, 2.05) is 42.5 Å². The summed E-state index contributed by atoms with van der Waals surface area (Å²) in [6.07, 6.45) is 4.96. The number of hydrogen-bond donors (Lipinski definition) is 2. The van der Waals surface area contributed by atoms with E-state index in [2.05, 4.69) is 36.6 Å². The first-order valence-corrected chi connectivity index (χ1v) is 12.0. The van der Waals surface area contributed by atoms with Crippen LogP contribution in [-0.4, -0.2) is 6.03 Å². The molecule has 0 fully saturated rings. The molecule has 168 valence electrons. The van der Waals surface area contributed by atoms with E-state index < -0.39 is 0 Å². The Labute approximate surface area is 198 Å². The van der Waals surface area contributed by atoms with Crippen molar-refractivity contribution in [1.29, 1.82) is 0 Å². The van der Waals surface area contributed by atoms with Crippen LogP contribution in [0.25, 0.3) is 22.1 Å². The van der Waals surface area contributed by atoms with Crippen molar-refractivity contribution in [1.82, 2.24) is 0 Å². The quantitative estimate of drug-likeness (QED) is 0.318. The number of benzene rings is 3. The molecule has 4 aromatic rings. The summed E-state index contributed by atoms with van der Waals surface area (Å²) in [4.78, 5) is 13.1. The van der Waals surface area contributed by atoms with Crippen LogP contribution in [0.4, 0.5) is 16.4 Å². The predicted octanol–water partition coefficient (Wildman–Crippen LogP) is 8.01. The number of halogens is 1.